The minimum atomic E-state index is 0.913. The molecule has 0 bridgehead atoms. The number of aromatic nitrogens is 1. The zero-order chi connectivity index (χ0) is 11.7. The molecule has 2 N–H and O–H groups in total. The van der Waals surface area contributed by atoms with Crippen LogP contribution in [0.4, 0.5) is 0 Å². The first-order valence-corrected chi connectivity index (χ1v) is 5.93. The van der Waals surface area contributed by atoms with Crippen molar-refractivity contribution in [3.8, 4) is 0 Å². The highest BCUT2D eigenvalue weighted by atomic mass is 14.9. The number of aromatic amines is 1. The molecule has 86 valence electrons. The van der Waals surface area contributed by atoms with Gasteiger partial charge in [0.25, 0.3) is 0 Å². The summed E-state index contributed by atoms with van der Waals surface area (Å²) in [6, 6.07) is 4.46. The second-order valence-corrected chi connectivity index (χ2v) is 4.40. The van der Waals surface area contributed by atoms with E-state index in [1.807, 2.05) is 7.05 Å². The third kappa shape index (κ3) is 1.63. The molecule has 0 atom stereocenters. The van der Waals surface area contributed by atoms with Crippen molar-refractivity contribution in [2.24, 2.45) is 0 Å². The van der Waals surface area contributed by atoms with Gasteiger partial charge in [-0.25, -0.2) is 0 Å². The number of benzene rings is 1. The normalized spacial score (nSPS) is 11.2. The first kappa shape index (κ1) is 11.2. The third-order valence-corrected chi connectivity index (χ3v) is 3.41. The fourth-order valence-electron chi connectivity index (χ4n) is 2.35. The molecule has 0 fully saturated rings. The zero-order valence-electron chi connectivity index (χ0n) is 10.6. The molecule has 0 spiro atoms. The van der Waals surface area contributed by atoms with Gasteiger partial charge in [0.2, 0.25) is 0 Å². The van der Waals surface area contributed by atoms with Crippen LogP contribution >= 0.6 is 0 Å². The second-order valence-electron chi connectivity index (χ2n) is 4.40. The molecule has 2 rings (SSSR count). The minimum absolute atomic E-state index is 0.913. The molecule has 1 aromatic carbocycles. The Hall–Kier alpha value is -1.28. The smallest absolute Gasteiger partial charge is 0.0491 e. The number of rotatable bonds is 3. The summed E-state index contributed by atoms with van der Waals surface area (Å²) in [7, 11) is 1.99. The number of hydrogen-bond acceptors (Lipinski definition) is 1. The molecule has 0 amide bonds. The molecule has 0 saturated carbocycles. The molecule has 0 aliphatic carbocycles. The molecular formula is C14H20N2. The van der Waals surface area contributed by atoms with E-state index >= 15 is 0 Å². The number of nitrogens with one attached hydrogen (secondary N) is 2. The van der Waals surface area contributed by atoms with Gasteiger partial charge in [-0.05, 0) is 44.0 Å². The topological polar surface area (TPSA) is 27.8 Å². The van der Waals surface area contributed by atoms with Crippen LogP contribution in [0.5, 0.6) is 0 Å². The molecular weight excluding hydrogens is 196 g/mol. The van der Waals surface area contributed by atoms with Crippen LogP contribution in [0.1, 0.15) is 29.3 Å². The van der Waals surface area contributed by atoms with E-state index in [1.165, 1.54) is 33.3 Å². The van der Waals surface area contributed by atoms with Gasteiger partial charge in [0.05, 0.1) is 0 Å². The van der Waals surface area contributed by atoms with E-state index < -0.39 is 0 Å². The summed E-state index contributed by atoms with van der Waals surface area (Å²) >= 11 is 0. The molecule has 0 aliphatic rings. The van der Waals surface area contributed by atoms with Gasteiger partial charge in [-0.2, -0.15) is 0 Å². The summed E-state index contributed by atoms with van der Waals surface area (Å²) in [5, 5.41) is 4.61. The van der Waals surface area contributed by atoms with Crippen LogP contribution in [0.25, 0.3) is 10.9 Å². The van der Waals surface area contributed by atoms with Gasteiger partial charge in [0.15, 0.2) is 0 Å². The summed E-state index contributed by atoms with van der Waals surface area (Å²) in [4.78, 5) is 3.56. The average Bonchev–Trinajstić information content (AvgIpc) is 2.62. The Kier molecular flexibility index (Phi) is 3.01. The van der Waals surface area contributed by atoms with E-state index in [-0.39, 0.29) is 0 Å². The Morgan fingerprint density at radius 3 is 2.62 bits per heavy atom. The van der Waals surface area contributed by atoms with Crippen molar-refractivity contribution < 1.29 is 0 Å². The van der Waals surface area contributed by atoms with Gasteiger partial charge in [-0.15, -0.1) is 0 Å². The lowest BCUT2D eigenvalue weighted by Crippen LogP contribution is -2.07. The molecule has 0 radical (unpaired) electrons. The zero-order valence-corrected chi connectivity index (χ0v) is 10.6. The van der Waals surface area contributed by atoms with Crippen LogP contribution in [0.3, 0.4) is 0 Å². The lowest BCUT2D eigenvalue weighted by atomic mass is 10.0. The largest absolute Gasteiger partial charge is 0.357 e. The highest BCUT2D eigenvalue weighted by molar-refractivity contribution is 5.88. The molecule has 2 aromatic rings. The van der Waals surface area contributed by atoms with E-state index in [0.29, 0.717) is 0 Å². The average molecular weight is 216 g/mol. The van der Waals surface area contributed by atoms with E-state index in [0.717, 1.165) is 13.0 Å². The lowest BCUT2D eigenvalue weighted by Gasteiger charge is -2.01. The van der Waals surface area contributed by atoms with Crippen LogP contribution in [-0.2, 0) is 13.0 Å². The van der Waals surface area contributed by atoms with Gasteiger partial charge in [-0.1, -0.05) is 19.1 Å². The lowest BCUT2D eigenvalue weighted by molar-refractivity contribution is 0.788. The van der Waals surface area contributed by atoms with E-state index in [2.05, 4.69) is 43.2 Å². The molecule has 1 aromatic heterocycles. The van der Waals surface area contributed by atoms with E-state index in [9.17, 15) is 0 Å². The number of aryl methyl sites for hydroxylation is 3. The summed E-state index contributed by atoms with van der Waals surface area (Å²) in [6.07, 6.45) is 1.08. The minimum Gasteiger partial charge on any atom is -0.357 e. The summed E-state index contributed by atoms with van der Waals surface area (Å²) in [6.45, 7) is 7.49. The van der Waals surface area contributed by atoms with Crippen molar-refractivity contribution in [1.29, 1.82) is 0 Å². The van der Waals surface area contributed by atoms with Crippen molar-refractivity contribution in [3.05, 3.63) is 34.5 Å². The standard InChI is InChI=1S/C14H20N2/c1-5-11-12-7-6-9(2)10(3)14(12)16-13(11)8-15-4/h6-7,15-16H,5,8H2,1-4H3. The quantitative estimate of drug-likeness (QED) is 0.811. The summed E-state index contributed by atoms with van der Waals surface area (Å²) in [5.74, 6) is 0. The summed E-state index contributed by atoms with van der Waals surface area (Å²) in [5.41, 5.74) is 6.81. The van der Waals surface area contributed by atoms with E-state index in [4.69, 9.17) is 0 Å². The SMILES string of the molecule is CCc1c(CNC)[nH]c2c(C)c(C)ccc12. The van der Waals surface area contributed by atoms with Crippen LogP contribution in [-0.4, -0.2) is 12.0 Å². The van der Waals surface area contributed by atoms with Crippen molar-refractivity contribution >= 4 is 10.9 Å². The van der Waals surface area contributed by atoms with Crippen LogP contribution in [0, 0.1) is 13.8 Å². The highest BCUT2D eigenvalue weighted by Crippen LogP contribution is 2.27. The Morgan fingerprint density at radius 1 is 1.25 bits per heavy atom. The van der Waals surface area contributed by atoms with Crippen molar-refractivity contribution in [2.45, 2.75) is 33.7 Å². The molecule has 0 saturated heterocycles. The number of H-pyrrole nitrogens is 1. The maximum atomic E-state index is 3.56. The van der Waals surface area contributed by atoms with E-state index in [1.54, 1.807) is 0 Å². The van der Waals surface area contributed by atoms with Crippen LogP contribution in [0.15, 0.2) is 12.1 Å². The maximum absolute atomic E-state index is 3.56. The molecule has 0 unspecified atom stereocenters. The first-order chi connectivity index (χ1) is 7.69. The summed E-state index contributed by atoms with van der Waals surface area (Å²) < 4.78 is 0. The number of fused-ring (bicyclic) bond motifs is 1. The van der Waals surface area contributed by atoms with Crippen molar-refractivity contribution in [1.82, 2.24) is 10.3 Å². The van der Waals surface area contributed by atoms with Gasteiger partial charge in [0, 0.05) is 23.1 Å². The predicted octanol–water partition coefficient (Wildman–Crippen LogP) is 3.07. The first-order valence-electron chi connectivity index (χ1n) is 5.93. The maximum Gasteiger partial charge on any atom is 0.0491 e. The van der Waals surface area contributed by atoms with Crippen molar-refractivity contribution in [2.75, 3.05) is 7.05 Å². The second kappa shape index (κ2) is 4.30. The van der Waals surface area contributed by atoms with Crippen molar-refractivity contribution in [3.63, 3.8) is 0 Å². The molecule has 0 aliphatic heterocycles. The number of hydrogen-bond donors (Lipinski definition) is 2. The highest BCUT2D eigenvalue weighted by Gasteiger charge is 2.11. The van der Waals surface area contributed by atoms with Gasteiger partial charge < -0.3 is 10.3 Å². The van der Waals surface area contributed by atoms with Gasteiger partial charge in [0.1, 0.15) is 0 Å². The fraction of sp³-hybridized carbons (Fsp3) is 0.429. The Balaban J connectivity index is 2.71. The predicted molar refractivity (Wildman–Crippen MR) is 69.9 cm³/mol. The monoisotopic (exact) mass is 216 g/mol. The van der Waals surface area contributed by atoms with Crippen LogP contribution in [0.2, 0.25) is 0 Å². The Morgan fingerprint density at radius 2 is 2.00 bits per heavy atom. The fourth-order valence-corrected chi connectivity index (χ4v) is 2.35. The van der Waals surface area contributed by atoms with Crippen LogP contribution < -0.4 is 5.32 Å². The van der Waals surface area contributed by atoms with Gasteiger partial charge in [-0.3, -0.25) is 0 Å². The molecule has 1 heterocycles. The Bertz CT molecular complexity index is 509. The Labute approximate surface area is 97.1 Å². The molecule has 16 heavy (non-hydrogen) atoms. The van der Waals surface area contributed by atoms with Gasteiger partial charge >= 0.3 is 0 Å². The third-order valence-electron chi connectivity index (χ3n) is 3.41. The molecule has 2 heteroatoms. The molecule has 2 nitrogen and oxygen atoms in total.